The van der Waals surface area contributed by atoms with E-state index in [0.29, 0.717) is 0 Å². The van der Waals surface area contributed by atoms with Crippen molar-refractivity contribution in [2.45, 2.75) is 24.8 Å². The van der Waals surface area contributed by atoms with Crippen LogP contribution in [0.15, 0.2) is 29.3 Å². The number of benzene rings is 1. The van der Waals surface area contributed by atoms with Gasteiger partial charge in [-0.3, -0.25) is 0 Å². The fourth-order valence-electron chi connectivity index (χ4n) is 1.77. The first-order valence-electron chi connectivity index (χ1n) is 5.61. The number of methoxy groups -OCH3 is 1. The Hall–Kier alpha value is -1.85. The Morgan fingerprint density at radius 2 is 2.00 bits per heavy atom. The van der Waals surface area contributed by atoms with E-state index in [0.717, 1.165) is 11.4 Å². The fraction of sp³-hybridized carbons (Fsp3) is 0.417. The minimum Gasteiger partial charge on any atom is -0.497 e. The van der Waals surface area contributed by atoms with Gasteiger partial charge < -0.3 is 15.8 Å². The number of ether oxygens (including phenoxy) is 1. The predicted octanol–water partition coefficient (Wildman–Crippen LogP) is 2.22. The zero-order valence-electron chi connectivity index (χ0n) is 9.99. The number of guanidine groups is 1. The number of nitrogens with one attached hydrogen (secondary N) is 1. The van der Waals surface area contributed by atoms with E-state index in [1.54, 1.807) is 31.4 Å². The molecule has 98 valence electrons. The van der Waals surface area contributed by atoms with Crippen molar-refractivity contribution in [1.82, 2.24) is 0 Å². The smallest absolute Gasteiger partial charge is 0.252 e. The summed E-state index contributed by atoms with van der Waals surface area (Å²) in [6, 6.07) is 6.71. The van der Waals surface area contributed by atoms with Crippen molar-refractivity contribution in [2.24, 2.45) is 10.7 Å². The van der Waals surface area contributed by atoms with Crippen molar-refractivity contribution < 1.29 is 13.5 Å². The Morgan fingerprint density at radius 1 is 1.39 bits per heavy atom. The number of hydrogen-bond donors (Lipinski definition) is 2. The van der Waals surface area contributed by atoms with Crippen LogP contribution < -0.4 is 15.8 Å². The van der Waals surface area contributed by atoms with Crippen LogP contribution >= 0.6 is 0 Å². The molecule has 0 heterocycles. The molecule has 2 rings (SSSR count). The quantitative estimate of drug-likeness (QED) is 0.643. The molecule has 4 nitrogen and oxygen atoms in total. The van der Waals surface area contributed by atoms with Crippen molar-refractivity contribution in [2.75, 3.05) is 12.4 Å². The molecule has 1 aromatic rings. The topological polar surface area (TPSA) is 59.6 Å². The molecular formula is C12H15F2N3O. The van der Waals surface area contributed by atoms with Crippen molar-refractivity contribution in [3.63, 3.8) is 0 Å². The number of alkyl halides is 2. The van der Waals surface area contributed by atoms with Gasteiger partial charge in [0.05, 0.1) is 13.2 Å². The van der Waals surface area contributed by atoms with Crippen molar-refractivity contribution in [1.29, 1.82) is 0 Å². The first-order valence-corrected chi connectivity index (χ1v) is 5.61. The molecule has 6 heteroatoms. The molecule has 1 saturated carbocycles. The van der Waals surface area contributed by atoms with Gasteiger partial charge in [-0.15, -0.1) is 0 Å². The van der Waals surface area contributed by atoms with Crippen LogP contribution in [0, 0.1) is 0 Å². The number of halogens is 2. The molecule has 1 fully saturated rings. The van der Waals surface area contributed by atoms with Gasteiger partial charge in [0.1, 0.15) is 5.75 Å². The number of nitrogens with two attached hydrogens (primary N) is 1. The Balaban J connectivity index is 1.90. The summed E-state index contributed by atoms with van der Waals surface area (Å²) in [4.78, 5) is 3.99. The van der Waals surface area contributed by atoms with Gasteiger partial charge in [-0.2, -0.15) is 0 Å². The highest BCUT2D eigenvalue weighted by Crippen LogP contribution is 2.39. The first-order chi connectivity index (χ1) is 8.48. The van der Waals surface area contributed by atoms with E-state index >= 15 is 0 Å². The molecule has 0 amide bonds. The van der Waals surface area contributed by atoms with Crippen molar-refractivity contribution in [3.05, 3.63) is 24.3 Å². The predicted molar refractivity (Wildman–Crippen MR) is 66.2 cm³/mol. The minimum absolute atomic E-state index is 0.153. The molecule has 0 atom stereocenters. The summed E-state index contributed by atoms with van der Waals surface area (Å²) in [6.45, 7) is 0. The van der Waals surface area contributed by atoms with Crippen LogP contribution in [0.5, 0.6) is 5.75 Å². The maximum atomic E-state index is 12.6. The average molecular weight is 255 g/mol. The number of hydrogen-bond acceptors (Lipinski definition) is 2. The number of anilines is 1. The Labute approximate surface area is 104 Å². The second kappa shape index (κ2) is 4.80. The zero-order valence-corrected chi connectivity index (χ0v) is 9.99. The summed E-state index contributed by atoms with van der Waals surface area (Å²) >= 11 is 0. The zero-order chi connectivity index (χ0) is 13.2. The second-order valence-electron chi connectivity index (χ2n) is 4.29. The van der Waals surface area contributed by atoms with E-state index in [9.17, 15) is 8.78 Å². The second-order valence-corrected chi connectivity index (χ2v) is 4.29. The summed E-state index contributed by atoms with van der Waals surface area (Å²) in [5, 5.41) is 2.85. The molecule has 1 aliphatic carbocycles. The summed E-state index contributed by atoms with van der Waals surface area (Å²) in [6.07, 6.45) is -0.448. The minimum atomic E-state index is -2.57. The van der Waals surface area contributed by atoms with E-state index in [1.165, 1.54) is 0 Å². The van der Waals surface area contributed by atoms with Gasteiger partial charge in [-0.25, -0.2) is 13.8 Å². The van der Waals surface area contributed by atoms with E-state index in [-0.39, 0.29) is 24.8 Å². The lowest BCUT2D eigenvalue weighted by molar-refractivity contribution is -0.0834. The fourth-order valence-corrected chi connectivity index (χ4v) is 1.77. The number of nitrogens with zero attached hydrogens (tertiary/aromatic N) is 1. The first kappa shape index (κ1) is 12.6. The number of rotatable bonds is 3. The Bertz CT molecular complexity index is 437. The van der Waals surface area contributed by atoms with Gasteiger partial charge >= 0.3 is 0 Å². The average Bonchev–Trinajstić information content (AvgIpc) is 2.27. The molecule has 0 saturated heterocycles. The van der Waals surface area contributed by atoms with Crippen LogP contribution in [-0.4, -0.2) is 25.0 Å². The number of aliphatic imine (C=N–C) groups is 1. The summed E-state index contributed by atoms with van der Waals surface area (Å²) in [5.74, 6) is -1.69. The van der Waals surface area contributed by atoms with Gasteiger partial charge in [-0.05, 0) is 24.3 Å². The molecule has 0 aromatic heterocycles. The monoisotopic (exact) mass is 255 g/mol. The highest BCUT2D eigenvalue weighted by molar-refractivity contribution is 5.92. The largest absolute Gasteiger partial charge is 0.497 e. The molecule has 1 aromatic carbocycles. The molecule has 1 aliphatic rings. The molecule has 0 aliphatic heterocycles. The normalized spacial score (nSPS) is 19.2. The third kappa shape index (κ3) is 3.09. The van der Waals surface area contributed by atoms with Gasteiger partial charge in [0.15, 0.2) is 5.96 Å². The van der Waals surface area contributed by atoms with Crippen LogP contribution in [0.4, 0.5) is 14.5 Å². The summed E-state index contributed by atoms with van der Waals surface area (Å²) in [7, 11) is 1.58. The van der Waals surface area contributed by atoms with E-state index in [1.807, 2.05) is 0 Å². The lowest BCUT2D eigenvalue weighted by atomic mass is 9.89. The van der Waals surface area contributed by atoms with Gasteiger partial charge in [0.2, 0.25) is 0 Å². The van der Waals surface area contributed by atoms with Crippen LogP contribution in [0.2, 0.25) is 0 Å². The Morgan fingerprint density at radius 3 is 2.50 bits per heavy atom. The molecule has 0 bridgehead atoms. The van der Waals surface area contributed by atoms with E-state index < -0.39 is 5.92 Å². The Kier molecular flexibility index (Phi) is 3.36. The summed E-state index contributed by atoms with van der Waals surface area (Å²) < 4.78 is 30.2. The highest BCUT2D eigenvalue weighted by atomic mass is 19.3. The molecule has 0 unspecified atom stereocenters. The molecule has 3 N–H and O–H groups in total. The van der Waals surface area contributed by atoms with Crippen molar-refractivity contribution >= 4 is 11.6 Å². The van der Waals surface area contributed by atoms with Crippen molar-refractivity contribution in [3.8, 4) is 5.75 Å². The third-order valence-corrected chi connectivity index (χ3v) is 2.75. The van der Waals surface area contributed by atoms with Gasteiger partial charge in [-0.1, -0.05) is 0 Å². The molecule has 18 heavy (non-hydrogen) atoms. The van der Waals surface area contributed by atoms with Crippen LogP contribution in [0.1, 0.15) is 12.8 Å². The highest BCUT2D eigenvalue weighted by Gasteiger charge is 2.45. The SMILES string of the molecule is COc1ccc(NC(N)=NC2CC(F)(F)C2)cc1. The van der Waals surface area contributed by atoms with Gasteiger partial charge in [0, 0.05) is 18.5 Å². The van der Waals surface area contributed by atoms with Crippen LogP contribution in [-0.2, 0) is 0 Å². The lowest BCUT2D eigenvalue weighted by Crippen LogP contribution is -2.40. The molecular weight excluding hydrogens is 240 g/mol. The lowest BCUT2D eigenvalue weighted by Gasteiger charge is -2.32. The van der Waals surface area contributed by atoms with Gasteiger partial charge in [0.25, 0.3) is 5.92 Å². The van der Waals surface area contributed by atoms with Crippen LogP contribution in [0.25, 0.3) is 0 Å². The maximum Gasteiger partial charge on any atom is 0.252 e. The van der Waals surface area contributed by atoms with Crippen LogP contribution in [0.3, 0.4) is 0 Å². The maximum absolute atomic E-state index is 12.6. The third-order valence-electron chi connectivity index (χ3n) is 2.75. The van der Waals surface area contributed by atoms with E-state index in [4.69, 9.17) is 10.5 Å². The standard InChI is InChI=1S/C12H15F2N3O/c1-18-10-4-2-8(3-5-10)16-11(15)17-9-6-12(13,14)7-9/h2-5,9H,6-7H2,1H3,(H3,15,16,17). The molecule has 0 radical (unpaired) electrons. The van der Waals surface area contributed by atoms with E-state index in [2.05, 4.69) is 10.3 Å². The summed E-state index contributed by atoms with van der Waals surface area (Å²) in [5.41, 5.74) is 6.38. The molecule has 0 spiro atoms.